The molecule has 0 heterocycles. The number of phenolic OH excluding ortho intramolecular Hbond substituents is 1. The molecule has 2 amide bonds. The largest absolute Gasteiger partial charge is 0.506 e. The number of carbonyl (C=O) groups is 1. The Labute approximate surface area is 92.6 Å². The van der Waals surface area contributed by atoms with Crippen molar-refractivity contribution in [1.29, 1.82) is 0 Å². The summed E-state index contributed by atoms with van der Waals surface area (Å²) in [6.07, 6.45) is 3.16. The summed E-state index contributed by atoms with van der Waals surface area (Å²) in [6, 6.07) is 3.97. The molecular formula is C10H11ClN2O2. The lowest BCUT2D eigenvalue weighted by atomic mass is 10.3. The molecule has 0 radical (unpaired) electrons. The fourth-order valence-corrected chi connectivity index (χ4v) is 1.10. The molecule has 1 aromatic carbocycles. The number of urea groups is 1. The van der Waals surface area contributed by atoms with E-state index in [1.165, 1.54) is 24.4 Å². The number of rotatable bonds is 2. The highest BCUT2D eigenvalue weighted by Crippen LogP contribution is 2.26. The number of aromatic hydroxyl groups is 1. The van der Waals surface area contributed by atoms with Crippen LogP contribution in [0.25, 0.3) is 0 Å². The number of allylic oxidation sites excluding steroid dienone is 1. The van der Waals surface area contributed by atoms with E-state index >= 15 is 0 Å². The molecule has 5 heteroatoms. The van der Waals surface area contributed by atoms with E-state index in [0.29, 0.717) is 5.02 Å². The van der Waals surface area contributed by atoms with Crippen molar-refractivity contribution < 1.29 is 9.90 Å². The number of phenols is 1. The number of carbonyl (C=O) groups excluding carboxylic acids is 1. The van der Waals surface area contributed by atoms with Crippen molar-refractivity contribution >= 4 is 23.3 Å². The summed E-state index contributed by atoms with van der Waals surface area (Å²) in [7, 11) is 0. The van der Waals surface area contributed by atoms with Crippen LogP contribution in [-0.4, -0.2) is 11.1 Å². The quantitative estimate of drug-likeness (QED) is 0.679. The van der Waals surface area contributed by atoms with Crippen molar-refractivity contribution in [2.45, 2.75) is 6.92 Å². The Hall–Kier alpha value is -1.68. The van der Waals surface area contributed by atoms with E-state index in [1.807, 2.05) is 0 Å². The van der Waals surface area contributed by atoms with Gasteiger partial charge in [-0.15, -0.1) is 0 Å². The topological polar surface area (TPSA) is 61.4 Å². The molecular weight excluding hydrogens is 216 g/mol. The first-order chi connectivity index (χ1) is 7.13. The Kier molecular flexibility index (Phi) is 4.00. The summed E-state index contributed by atoms with van der Waals surface area (Å²) in [5.74, 6) is -0.0324. The summed E-state index contributed by atoms with van der Waals surface area (Å²) >= 11 is 5.71. The number of benzene rings is 1. The number of hydrogen-bond acceptors (Lipinski definition) is 2. The molecule has 0 atom stereocenters. The molecule has 0 aliphatic carbocycles. The van der Waals surface area contributed by atoms with Crippen LogP contribution in [0.3, 0.4) is 0 Å². The Morgan fingerprint density at radius 1 is 1.53 bits per heavy atom. The van der Waals surface area contributed by atoms with E-state index < -0.39 is 6.03 Å². The fraction of sp³-hybridized carbons (Fsp3) is 0.100. The van der Waals surface area contributed by atoms with Gasteiger partial charge in [-0.05, 0) is 25.1 Å². The number of anilines is 1. The van der Waals surface area contributed by atoms with E-state index in [0.717, 1.165) is 0 Å². The average Bonchev–Trinajstić information content (AvgIpc) is 2.20. The molecule has 0 aliphatic heterocycles. The van der Waals surface area contributed by atoms with Gasteiger partial charge in [-0.1, -0.05) is 17.7 Å². The molecule has 4 nitrogen and oxygen atoms in total. The first kappa shape index (κ1) is 11.4. The normalized spacial score (nSPS) is 10.3. The van der Waals surface area contributed by atoms with Gasteiger partial charge < -0.3 is 15.7 Å². The van der Waals surface area contributed by atoms with Crippen molar-refractivity contribution in [2.75, 3.05) is 5.32 Å². The minimum Gasteiger partial charge on any atom is -0.506 e. The molecule has 0 fully saturated rings. The van der Waals surface area contributed by atoms with Crippen molar-refractivity contribution in [1.82, 2.24) is 5.32 Å². The van der Waals surface area contributed by atoms with E-state index in [-0.39, 0.29) is 11.4 Å². The minimum atomic E-state index is -0.439. The fourth-order valence-electron chi connectivity index (χ4n) is 0.926. The Bertz CT molecular complexity index is 391. The van der Waals surface area contributed by atoms with E-state index in [2.05, 4.69) is 10.6 Å². The lowest BCUT2D eigenvalue weighted by Crippen LogP contribution is -2.23. The van der Waals surface area contributed by atoms with Gasteiger partial charge in [-0.25, -0.2) is 4.79 Å². The van der Waals surface area contributed by atoms with E-state index in [9.17, 15) is 9.90 Å². The van der Waals surface area contributed by atoms with Crippen LogP contribution in [0.2, 0.25) is 5.02 Å². The van der Waals surface area contributed by atoms with E-state index in [4.69, 9.17) is 11.6 Å². The lowest BCUT2D eigenvalue weighted by molar-refractivity contribution is 0.255. The summed E-state index contributed by atoms with van der Waals surface area (Å²) in [6.45, 7) is 1.77. The van der Waals surface area contributed by atoms with Crippen LogP contribution in [0.1, 0.15) is 6.92 Å². The third kappa shape index (κ3) is 3.52. The molecule has 0 spiro atoms. The highest BCUT2D eigenvalue weighted by atomic mass is 35.5. The summed E-state index contributed by atoms with van der Waals surface area (Å²) < 4.78 is 0. The summed E-state index contributed by atoms with van der Waals surface area (Å²) in [4.78, 5) is 11.2. The minimum absolute atomic E-state index is 0.0324. The highest BCUT2D eigenvalue weighted by molar-refractivity contribution is 6.31. The SMILES string of the molecule is C/C=C/NC(=O)Nc1cc(Cl)ccc1O. The maximum absolute atomic E-state index is 11.2. The number of hydrogen-bond donors (Lipinski definition) is 3. The third-order valence-corrected chi connectivity index (χ3v) is 1.82. The van der Waals surface area contributed by atoms with Gasteiger partial charge in [0.1, 0.15) is 5.75 Å². The first-order valence-corrected chi connectivity index (χ1v) is 4.68. The predicted octanol–water partition coefficient (Wildman–Crippen LogP) is 2.70. The molecule has 0 bridgehead atoms. The smallest absolute Gasteiger partial charge is 0.323 e. The van der Waals surface area contributed by atoms with Gasteiger partial charge >= 0.3 is 6.03 Å². The monoisotopic (exact) mass is 226 g/mol. The van der Waals surface area contributed by atoms with E-state index in [1.54, 1.807) is 13.0 Å². The molecule has 1 rings (SSSR count). The molecule has 0 saturated carbocycles. The maximum Gasteiger partial charge on any atom is 0.323 e. The second-order valence-electron chi connectivity index (χ2n) is 2.76. The van der Waals surface area contributed by atoms with Gasteiger partial charge in [0.25, 0.3) is 0 Å². The predicted molar refractivity (Wildman–Crippen MR) is 60.1 cm³/mol. The van der Waals surface area contributed by atoms with Crippen LogP contribution in [0, 0.1) is 0 Å². The maximum atomic E-state index is 11.2. The van der Waals surface area contributed by atoms with Crippen molar-refractivity contribution in [3.8, 4) is 5.75 Å². The molecule has 1 aromatic rings. The zero-order valence-electron chi connectivity index (χ0n) is 8.12. The second-order valence-corrected chi connectivity index (χ2v) is 3.20. The van der Waals surface area contributed by atoms with Crippen molar-refractivity contribution in [3.05, 3.63) is 35.5 Å². The number of halogens is 1. The van der Waals surface area contributed by atoms with Crippen LogP contribution in [0.5, 0.6) is 5.75 Å². The zero-order chi connectivity index (χ0) is 11.3. The lowest BCUT2D eigenvalue weighted by Gasteiger charge is -2.06. The van der Waals surface area contributed by atoms with Crippen molar-refractivity contribution in [2.24, 2.45) is 0 Å². The standard InChI is InChI=1S/C10H11ClN2O2/c1-2-5-12-10(15)13-8-6-7(11)3-4-9(8)14/h2-6,14H,1H3,(H2,12,13,15)/b5-2+. The second kappa shape index (κ2) is 5.26. The highest BCUT2D eigenvalue weighted by Gasteiger charge is 2.04. The van der Waals surface area contributed by atoms with Crippen LogP contribution < -0.4 is 10.6 Å². The van der Waals surface area contributed by atoms with Crippen LogP contribution >= 0.6 is 11.6 Å². The molecule has 0 aliphatic rings. The number of amides is 2. The Morgan fingerprint density at radius 2 is 2.27 bits per heavy atom. The zero-order valence-corrected chi connectivity index (χ0v) is 8.88. The van der Waals surface area contributed by atoms with Crippen LogP contribution in [0.4, 0.5) is 10.5 Å². The van der Waals surface area contributed by atoms with Gasteiger partial charge in [-0.2, -0.15) is 0 Å². The van der Waals surface area contributed by atoms with Gasteiger partial charge in [0, 0.05) is 11.2 Å². The molecule has 80 valence electrons. The molecule has 15 heavy (non-hydrogen) atoms. The first-order valence-electron chi connectivity index (χ1n) is 4.30. The average molecular weight is 227 g/mol. The van der Waals surface area contributed by atoms with Gasteiger partial charge in [0.05, 0.1) is 5.69 Å². The summed E-state index contributed by atoms with van der Waals surface area (Å²) in [5.41, 5.74) is 0.268. The van der Waals surface area contributed by atoms with Crippen LogP contribution in [0.15, 0.2) is 30.5 Å². The molecule has 0 aromatic heterocycles. The molecule has 0 unspecified atom stereocenters. The Balaban J connectivity index is 2.71. The van der Waals surface area contributed by atoms with Crippen LogP contribution in [-0.2, 0) is 0 Å². The van der Waals surface area contributed by atoms with Crippen molar-refractivity contribution in [3.63, 3.8) is 0 Å². The Morgan fingerprint density at radius 3 is 2.93 bits per heavy atom. The molecule has 0 saturated heterocycles. The summed E-state index contributed by atoms with van der Waals surface area (Å²) in [5, 5.41) is 14.7. The third-order valence-electron chi connectivity index (χ3n) is 1.59. The number of nitrogens with one attached hydrogen (secondary N) is 2. The molecule has 3 N–H and O–H groups in total. The van der Waals surface area contributed by atoms with Gasteiger partial charge in [0.15, 0.2) is 0 Å². The van der Waals surface area contributed by atoms with Gasteiger partial charge in [-0.3, -0.25) is 0 Å². The van der Waals surface area contributed by atoms with Gasteiger partial charge in [0.2, 0.25) is 0 Å².